The SMILES string of the molecule is C=C(/C=C\C(NC(=O)CC)=C(\N)C(C)C)CC. The number of hydrogen-bond donors (Lipinski definition) is 2. The quantitative estimate of drug-likeness (QED) is 0.697. The molecule has 0 aliphatic heterocycles. The van der Waals surface area contributed by atoms with Gasteiger partial charge in [-0.1, -0.05) is 45.9 Å². The number of allylic oxidation sites excluding steroid dienone is 4. The lowest BCUT2D eigenvalue weighted by molar-refractivity contribution is -0.120. The number of nitrogens with one attached hydrogen (secondary N) is 1. The lowest BCUT2D eigenvalue weighted by Crippen LogP contribution is -2.25. The van der Waals surface area contributed by atoms with Crippen LogP contribution in [0.5, 0.6) is 0 Å². The molecule has 3 nitrogen and oxygen atoms in total. The first kappa shape index (κ1) is 15.5. The van der Waals surface area contributed by atoms with E-state index in [4.69, 9.17) is 5.73 Å². The van der Waals surface area contributed by atoms with Gasteiger partial charge in [-0.25, -0.2) is 0 Å². The van der Waals surface area contributed by atoms with Crippen LogP contribution in [-0.2, 0) is 4.79 Å². The van der Waals surface area contributed by atoms with Gasteiger partial charge >= 0.3 is 0 Å². The van der Waals surface area contributed by atoms with Crippen molar-refractivity contribution in [3.05, 3.63) is 35.7 Å². The van der Waals surface area contributed by atoms with E-state index in [2.05, 4.69) is 11.9 Å². The van der Waals surface area contributed by atoms with E-state index in [1.165, 1.54) is 0 Å². The van der Waals surface area contributed by atoms with E-state index in [0.717, 1.165) is 12.0 Å². The third-order valence-electron chi connectivity index (χ3n) is 2.47. The molecule has 17 heavy (non-hydrogen) atoms. The molecular formula is C14H24N2O. The van der Waals surface area contributed by atoms with Crippen molar-refractivity contribution in [1.29, 1.82) is 0 Å². The van der Waals surface area contributed by atoms with E-state index in [1.807, 2.05) is 39.8 Å². The molecule has 0 aliphatic carbocycles. The number of carbonyl (C=O) groups excluding carboxylic acids is 1. The summed E-state index contributed by atoms with van der Waals surface area (Å²) in [5.41, 5.74) is 8.35. The van der Waals surface area contributed by atoms with Crippen molar-refractivity contribution in [2.75, 3.05) is 0 Å². The zero-order valence-electron chi connectivity index (χ0n) is 11.3. The van der Waals surface area contributed by atoms with Gasteiger partial charge in [-0.05, 0) is 18.4 Å². The van der Waals surface area contributed by atoms with Crippen LogP contribution in [0.15, 0.2) is 35.7 Å². The maximum Gasteiger partial charge on any atom is 0.224 e. The molecule has 0 bridgehead atoms. The highest BCUT2D eigenvalue weighted by Crippen LogP contribution is 2.10. The molecule has 0 aromatic rings. The van der Waals surface area contributed by atoms with E-state index >= 15 is 0 Å². The van der Waals surface area contributed by atoms with Gasteiger partial charge in [0.2, 0.25) is 5.91 Å². The van der Waals surface area contributed by atoms with Gasteiger partial charge in [0, 0.05) is 12.1 Å². The standard InChI is InChI=1S/C14H24N2O/c1-6-11(5)8-9-12(14(15)10(3)4)16-13(17)7-2/h8-10H,5-7,15H2,1-4H3,(H,16,17)/b9-8-,14-12-. The van der Waals surface area contributed by atoms with Crippen LogP contribution in [0.25, 0.3) is 0 Å². The van der Waals surface area contributed by atoms with Crippen LogP contribution in [0, 0.1) is 5.92 Å². The summed E-state index contributed by atoms with van der Waals surface area (Å²) >= 11 is 0. The Morgan fingerprint density at radius 1 is 1.29 bits per heavy atom. The first-order chi connectivity index (χ1) is 7.92. The first-order valence-corrected chi connectivity index (χ1v) is 6.07. The smallest absolute Gasteiger partial charge is 0.224 e. The van der Waals surface area contributed by atoms with Gasteiger partial charge in [0.1, 0.15) is 0 Å². The third-order valence-corrected chi connectivity index (χ3v) is 2.47. The fourth-order valence-corrected chi connectivity index (χ4v) is 1.08. The fourth-order valence-electron chi connectivity index (χ4n) is 1.08. The summed E-state index contributed by atoms with van der Waals surface area (Å²) < 4.78 is 0. The lowest BCUT2D eigenvalue weighted by Gasteiger charge is -2.12. The van der Waals surface area contributed by atoms with Crippen LogP contribution in [0.2, 0.25) is 0 Å². The Hall–Kier alpha value is -1.51. The first-order valence-electron chi connectivity index (χ1n) is 6.07. The number of hydrogen-bond acceptors (Lipinski definition) is 2. The van der Waals surface area contributed by atoms with Crippen LogP contribution >= 0.6 is 0 Å². The van der Waals surface area contributed by atoms with Crippen molar-refractivity contribution in [3.63, 3.8) is 0 Å². The fraction of sp³-hybridized carbons (Fsp3) is 0.500. The van der Waals surface area contributed by atoms with Crippen molar-refractivity contribution in [2.45, 2.75) is 40.5 Å². The number of amides is 1. The Balaban J connectivity index is 4.99. The van der Waals surface area contributed by atoms with Crippen molar-refractivity contribution >= 4 is 5.91 Å². The molecule has 3 heteroatoms. The summed E-state index contributed by atoms with van der Waals surface area (Å²) in [5.74, 6) is 0.164. The van der Waals surface area contributed by atoms with Gasteiger partial charge < -0.3 is 11.1 Å². The number of rotatable bonds is 6. The second-order valence-electron chi connectivity index (χ2n) is 4.27. The van der Waals surface area contributed by atoms with E-state index in [1.54, 1.807) is 0 Å². The Morgan fingerprint density at radius 3 is 2.29 bits per heavy atom. The molecule has 0 rings (SSSR count). The highest BCUT2D eigenvalue weighted by Gasteiger charge is 2.07. The molecule has 0 unspecified atom stereocenters. The van der Waals surface area contributed by atoms with E-state index in [0.29, 0.717) is 17.8 Å². The molecule has 0 atom stereocenters. The van der Waals surface area contributed by atoms with Crippen LogP contribution in [0.1, 0.15) is 40.5 Å². The average Bonchev–Trinajstić information content (AvgIpc) is 2.32. The molecule has 0 spiro atoms. The second kappa shape index (κ2) is 7.71. The molecule has 0 aromatic heterocycles. The van der Waals surface area contributed by atoms with Crippen LogP contribution < -0.4 is 11.1 Å². The van der Waals surface area contributed by atoms with Crippen LogP contribution in [-0.4, -0.2) is 5.91 Å². The summed E-state index contributed by atoms with van der Waals surface area (Å²) in [5, 5.41) is 2.82. The summed E-state index contributed by atoms with van der Waals surface area (Å²) in [6.45, 7) is 11.7. The summed E-state index contributed by atoms with van der Waals surface area (Å²) in [7, 11) is 0. The van der Waals surface area contributed by atoms with Gasteiger partial charge in [-0.2, -0.15) is 0 Å². The minimum Gasteiger partial charge on any atom is -0.400 e. The maximum atomic E-state index is 11.4. The molecule has 0 aliphatic rings. The summed E-state index contributed by atoms with van der Waals surface area (Å²) in [4.78, 5) is 11.4. The van der Waals surface area contributed by atoms with E-state index in [-0.39, 0.29) is 11.8 Å². The Labute approximate surface area is 104 Å². The minimum absolute atomic E-state index is 0.0321. The van der Waals surface area contributed by atoms with Crippen molar-refractivity contribution in [2.24, 2.45) is 11.7 Å². The third kappa shape index (κ3) is 5.95. The molecular weight excluding hydrogens is 212 g/mol. The molecule has 0 saturated heterocycles. The molecule has 0 saturated carbocycles. The summed E-state index contributed by atoms with van der Waals surface area (Å²) in [6, 6.07) is 0. The molecule has 96 valence electrons. The van der Waals surface area contributed by atoms with Gasteiger partial charge in [0.15, 0.2) is 0 Å². The topological polar surface area (TPSA) is 55.1 Å². The zero-order valence-corrected chi connectivity index (χ0v) is 11.3. The molecule has 3 N–H and O–H groups in total. The second-order valence-corrected chi connectivity index (χ2v) is 4.27. The van der Waals surface area contributed by atoms with Gasteiger partial charge in [0.25, 0.3) is 0 Å². The van der Waals surface area contributed by atoms with E-state index in [9.17, 15) is 4.79 Å². The summed E-state index contributed by atoms with van der Waals surface area (Å²) in [6.07, 6.45) is 5.04. The average molecular weight is 236 g/mol. The van der Waals surface area contributed by atoms with Gasteiger partial charge in [-0.15, -0.1) is 0 Å². The largest absolute Gasteiger partial charge is 0.400 e. The predicted octanol–water partition coefficient (Wildman–Crippen LogP) is 2.86. The minimum atomic E-state index is -0.0321. The van der Waals surface area contributed by atoms with Crippen LogP contribution in [0.3, 0.4) is 0 Å². The Bertz CT molecular complexity index is 338. The predicted molar refractivity (Wildman–Crippen MR) is 73.1 cm³/mol. The van der Waals surface area contributed by atoms with E-state index < -0.39 is 0 Å². The highest BCUT2D eigenvalue weighted by molar-refractivity contribution is 5.78. The maximum absolute atomic E-state index is 11.4. The normalized spacial score (nSPS) is 12.8. The molecule has 0 radical (unpaired) electrons. The molecule has 0 aromatic carbocycles. The number of carbonyl (C=O) groups is 1. The zero-order chi connectivity index (χ0) is 13.4. The van der Waals surface area contributed by atoms with Crippen molar-refractivity contribution in [1.82, 2.24) is 5.32 Å². The molecule has 0 heterocycles. The van der Waals surface area contributed by atoms with Crippen LogP contribution in [0.4, 0.5) is 0 Å². The Kier molecular flexibility index (Phi) is 7.03. The van der Waals surface area contributed by atoms with Crippen molar-refractivity contribution < 1.29 is 4.79 Å². The number of nitrogens with two attached hydrogens (primary N) is 1. The highest BCUT2D eigenvalue weighted by atomic mass is 16.1. The van der Waals surface area contributed by atoms with Gasteiger partial charge in [-0.3, -0.25) is 4.79 Å². The Morgan fingerprint density at radius 2 is 1.88 bits per heavy atom. The van der Waals surface area contributed by atoms with Crippen molar-refractivity contribution in [3.8, 4) is 0 Å². The monoisotopic (exact) mass is 236 g/mol. The molecule has 1 amide bonds. The molecule has 0 fully saturated rings. The lowest BCUT2D eigenvalue weighted by atomic mass is 10.1. The van der Waals surface area contributed by atoms with Gasteiger partial charge in [0.05, 0.1) is 5.70 Å².